The first-order chi connectivity index (χ1) is 11.0. The van der Waals surface area contributed by atoms with Gasteiger partial charge in [0.05, 0.1) is 0 Å². The summed E-state index contributed by atoms with van der Waals surface area (Å²) in [5.41, 5.74) is 1.63. The Hall–Kier alpha value is -2.04. The summed E-state index contributed by atoms with van der Waals surface area (Å²) < 4.78 is 5.14. The molecule has 2 N–H and O–H groups in total. The number of carboxylic acid groups (broad SMARTS) is 1. The van der Waals surface area contributed by atoms with E-state index in [1.807, 2.05) is 6.92 Å². The van der Waals surface area contributed by atoms with E-state index >= 15 is 0 Å². The Labute approximate surface area is 136 Å². The minimum Gasteiger partial charge on any atom is -0.482 e. The van der Waals surface area contributed by atoms with E-state index in [4.69, 9.17) is 9.84 Å². The SMILES string of the molecule is Cc1cc(OCC(=O)O)ccc1NC(=O)C[C@@H]1C[C@H]2CC[C@H]1C2. The van der Waals surface area contributed by atoms with Crippen LogP contribution in [0.1, 0.15) is 37.7 Å². The quantitative estimate of drug-likeness (QED) is 0.844. The number of anilines is 1. The molecule has 2 aliphatic carbocycles. The second-order valence-electron chi connectivity index (χ2n) is 6.85. The van der Waals surface area contributed by atoms with Crippen molar-refractivity contribution in [3.8, 4) is 5.75 Å². The molecule has 0 radical (unpaired) electrons. The molecule has 1 amide bonds. The van der Waals surface area contributed by atoms with Crippen molar-refractivity contribution in [3.63, 3.8) is 0 Å². The molecule has 5 heteroatoms. The van der Waals surface area contributed by atoms with Gasteiger partial charge in [0.1, 0.15) is 5.75 Å². The number of amides is 1. The highest BCUT2D eigenvalue weighted by Gasteiger charge is 2.40. The maximum Gasteiger partial charge on any atom is 0.341 e. The number of rotatable bonds is 6. The van der Waals surface area contributed by atoms with Crippen LogP contribution >= 0.6 is 0 Å². The molecular weight excluding hydrogens is 294 g/mol. The van der Waals surface area contributed by atoms with Crippen LogP contribution < -0.4 is 10.1 Å². The van der Waals surface area contributed by atoms with Gasteiger partial charge in [0.15, 0.2) is 6.61 Å². The maximum atomic E-state index is 12.3. The molecule has 2 saturated carbocycles. The molecule has 1 aromatic carbocycles. The van der Waals surface area contributed by atoms with E-state index in [1.54, 1.807) is 18.2 Å². The Morgan fingerprint density at radius 2 is 2.13 bits per heavy atom. The first-order valence-electron chi connectivity index (χ1n) is 8.26. The zero-order chi connectivity index (χ0) is 16.4. The lowest BCUT2D eigenvalue weighted by molar-refractivity contribution is -0.139. The summed E-state index contributed by atoms with van der Waals surface area (Å²) >= 11 is 0. The zero-order valence-electron chi connectivity index (χ0n) is 13.4. The Morgan fingerprint density at radius 3 is 2.74 bits per heavy atom. The Bertz CT molecular complexity index is 613. The molecule has 0 aromatic heterocycles. The number of aliphatic carboxylic acids is 1. The molecule has 3 atom stereocenters. The predicted octanol–water partition coefficient (Wildman–Crippen LogP) is 3.22. The van der Waals surface area contributed by atoms with Gasteiger partial charge in [-0.25, -0.2) is 4.79 Å². The van der Waals surface area contributed by atoms with Gasteiger partial charge in [-0.1, -0.05) is 6.42 Å². The number of aryl methyl sites for hydroxylation is 1. The van der Waals surface area contributed by atoms with Gasteiger partial charge in [0, 0.05) is 12.1 Å². The third kappa shape index (κ3) is 3.84. The molecule has 23 heavy (non-hydrogen) atoms. The van der Waals surface area contributed by atoms with Crippen molar-refractivity contribution in [3.05, 3.63) is 23.8 Å². The lowest BCUT2D eigenvalue weighted by atomic mass is 9.86. The highest BCUT2D eigenvalue weighted by molar-refractivity contribution is 5.91. The highest BCUT2D eigenvalue weighted by atomic mass is 16.5. The fourth-order valence-corrected chi connectivity index (χ4v) is 4.08. The third-order valence-corrected chi connectivity index (χ3v) is 5.17. The van der Waals surface area contributed by atoms with Crippen LogP contribution in [0.5, 0.6) is 5.75 Å². The van der Waals surface area contributed by atoms with Crippen LogP contribution in [-0.2, 0) is 9.59 Å². The average molecular weight is 317 g/mol. The van der Waals surface area contributed by atoms with E-state index in [0.717, 1.165) is 23.1 Å². The zero-order valence-corrected chi connectivity index (χ0v) is 13.4. The van der Waals surface area contributed by atoms with E-state index in [-0.39, 0.29) is 12.5 Å². The fraction of sp³-hybridized carbons (Fsp3) is 0.556. The standard InChI is InChI=1S/C18H23NO4/c1-11-6-15(23-10-18(21)22)4-5-16(11)19-17(20)9-14-8-12-2-3-13(14)7-12/h4-6,12-14H,2-3,7-10H2,1H3,(H,19,20)(H,21,22)/t12-,13-,14-/m0/s1. The molecule has 3 rings (SSSR count). The second kappa shape index (κ2) is 6.60. The minimum atomic E-state index is -1.01. The van der Waals surface area contributed by atoms with Gasteiger partial charge in [-0.05, 0) is 67.7 Å². The van der Waals surface area contributed by atoms with Gasteiger partial charge in [-0.3, -0.25) is 4.79 Å². The van der Waals surface area contributed by atoms with Gasteiger partial charge in [0.25, 0.3) is 0 Å². The van der Waals surface area contributed by atoms with Gasteiger partial charge in [-0.2, -0.15) is 0 Å². The number of nitrogens with one attached hydrogen (secondary N) is 1. The van der Waals surface area contributed by atoms with E-state index in [0.29, 0.717) is 18.1 Å². The third-order valence-electron chi connectivity index (χ3n) is 5.17. The van der Waals surface area contributed by atoms with Crippen molar-refractivity contribution in [2.24, 2.45) is 17.8 Å². The smallest absolute Gasteiger partial charge is 0.341 e. The van der Waals surface area contributed by atoms with Crippen molar-refractivity contribution in [1.29, 1.82) is 0 Å². The molecule has 5 nitrogen and oxygen atoms in total. The van der Waals surface area contributed by atoms with Gasteiger partial charge < -0.3 is 15.2 Å². The number of fused-ring (bicyclic) bond motifs is 2. The number of carbonyl (C=O) groups excluding carboxylic acids is 1. The summed E-state index contributed by atoms with van der Waals surface area (Å²) in [6, 6.07) is 5.20. The van der Waals surface area contributed by atoms with Gasteiger partial charge >= 0.3 is 5.97 Å². The molecule has 1 aromatic rings. The molecule has 2 bridgehead atoms. The molecule has 2 aliphatic rings. The number of hydrogen-bond acceptors (Lipinski definition) is 3. The summed E-state index contributed by atoms with van der Waals surface area (Å²) in [5.74, 6) is 1.71. The molecule has 0 saturated heterocycles. The molecule has 0 spiro atoms. The Balaban J connectivity index is 1.54. The lowest BCUT2D eigenvalue weighted by Crippen LogP contribution is -2.20. The normalized spacial score (nSPS) is 25.3. The Morgan fingerprint density at radius 1 is 1.30 bits per heavy atom. The Kier molecular flexibility index (Phi) is 4.55. The largest absolute Gasteiger partial charge is 0.482 e. The summed E-state index contributed by atoms with van der Waals surface area (Å²) in [4.78, 5) is 22.8. The van der Waals surface area contributed by atoms with Crippen LogP contribution in [0.2, 0.25) is 0 Å². The van der Waals surface area contributed by atoms with E-state index < -0.39 is 5.97 Å². The monoisotopic (exact) mass is 317 g/mol. The number of carboxylic acids is 1. The molecule has 0 heterocycles. The van der Waals surface area contributed by atoms with Crippen LogP contribution in [-0.4, -0.2) is 23.6 Å². The first kappa shape index (κ1) is 15.8. The van der Waals surface area contributed by atoms with Crippen molar-refractivity contribution >= 4 is 17.6 Å². The second-order valence-corrected chi connectivity index (χ2v) is 6.85. The van der Waals surface area contributed by atoms with Crippen LogP contribution in [0.3, 0.4) is 0 Å². The van der Waals surface area contributed by atoms with Crippen LogP contribution in [0, 0.1) is 24.7 Å². The number of benzene rings is 1. The van der Waals surface area contributed by atoms with E-state index in [1.165, 1.54) is 25.7 Å². The fourth-order valence-electron chi connectivity index (χ4n) is 4.08. The molecular formula is C18H23NO4. The lowest BCUT2D eigenvalue weighted by Gasteiger charge is -2.21. The van der Waals surface area contributed by atoms with Crippen molar-refractivity contribution in [2.75, 3.05) is 11.9 Å². The van der Waals surface area contributed by atoms with Crippen LogP contribution in [0.25, 0.3) is 0 Å². The molecule has 0 aliphatic heterocycles. The first-order valence-corrected chi connectivity index (χ1v) is 8.26. The topological polar surface area (TPSA) is 75.6 Å². The number of ether oxygens (including phenoxy) is 1. The maximum absolute atomic E-state index is 12.3. The minimum absolute atomic E-state index is 0.0739. The number of hydrogen-bond donors (Lipinski definition) is 2. The predicted molar refractivity (Wildman–Crippen MR) is 86.5 cm³/mol. The van der Waals surface area contributed by atoms with E-state index in [9.17, 15) is 9.59 Å². The van der Waals surface area contributed by atoms with Crippen LogP contribution in [0.15, 0.2) is 18.2 Å². The summed E-state index contributed by atoms with van der Waals surface area (Å²) in [5, 5.41) is 11.6. The van der Waals surface area contributed by atoms with Crippen molar-refractivity contribution in [1.82, 2.24) is 0 Å². The summed E-state index contributed by atoms with van der Waals surface area (Å²) in [7, 11) is 0. The number of carbonyl (C=O) groups is 2. The average Bonchev–Trinajstić information content (AvgIpc) is 3.10. The molecule has 2 fully saturated rings. The summed E-state index contributed by atoms with van der Waals surface area (Å²) in [6.45, 7) is 1.51. The van der Waals surface area contributed by atoms with Crippen molar-refractivity contribution in [2.45, 2.75) is 39.0 Å². The summed E-state index contributed by atoms with van der Waals surface area (Å²) in [6.07, 6.45) is 5.76. The van der Waals surface area contributed by atoms with E-state index in [2.05, 4.69) is 5.32 Å². The molecule has 0 unspecified atom stereocenters. The van der Waals surface area contributed by atoms with Gasteiger partial charge in [-0.15, -0.1) is 0 Å². The van der Waals surface area contributed by atoms with Gasteiger partial charge in [0.2, 0.25) is 5.91 Å². The highest BCUT2D eigenvalue weighted by Crippen LogP contribution is 2.49. The van der Waals surface area contributed by atoms with Crippen LogP contribution in [0.4, 0.5) is 5.69 Å². The molecule has 124 valence electrons. The van der Waals surface area contributed by atoms with Crippen molar-refractivity contribution < 1.29 is 19.4 Å².